The van der Waals surface area contributed by atoms with Gasteiger partial charge in [-0.2, -0.15) is 4.98 Å². The first-order valence-corrected chi connectivity index (χ1v) is 20.8. The molecule has 7 amide bonds. The third-order valence-corrected chi connectivity index (χ3v) is 11.1. The molecule has 0 saturated carbocycles. The number of allylic oxidation sites excluding steroid dienone is 3. The van der Waals surface area contributed by atoms with E-state index in [2.05, 4.69) is 36.2 Å². The fourth-order valence-corrected chi connectivity index (χ4v) is 7.75. The van der Waals surface area contributed by atoms with Crippen molar-refractivity contribution in [2.24, 2.45) is 11.8 Å². The zero-order valence-electron chi connectivity index (χ0n) is 37.2. The summed E-state index contributed by atoms with van der Waals surface area (Å²) in [6.07, 6.45) is 11.6. The van der Waals surface area contributed by atoms with Gasteiger partial charge in [-0.1, -0.05) is 32.4 Å². The molecule has 4 N–H and O–H groups in total. The zero-order chi connectivity index (χ0) is 44.9. The van der Waals surface area contributed by atoms with Gasteiger partial charge in [0.2, 0.25) is 29.6 Å². The summed E-state index contributed by atoms with van der Waals surface area (Å²) >= 11 is 0. The molecule has 5 rings (SSSR count). The van der Waals surface area contributed by atoms with Crippen molar-refractivity contribution in [3.8, 4) is 0 Å². The van der Waals surface area contributed by atoms with E-state index in [1.54, 1.807) is 64.4 Å². The van der Waals surface area contributed by atoms with Crippen molar-refractivity contribution in [1.82, 2.24) is 45.6 Å². The summed E-state index contributed by atoms with van der Waals surface area (Å²) < 4.78 is 0. The number of pyridine rings is 1. The summed E-state index contributed by atoms with van der Waals surface area (Å²) in [6.45, 7) is 14.9. The minimum Gasteiger partial charge on any atom is -0.347 e. The highest BCUT2D eigenvalue weighted by Crippen LogP contribution is 2.37. The van der Waals surface area contributed by atoms with Gasteiger partial charge in [0, 0.05) is 56.4 Å². The molecule has 328 valence electrons. The van der Waals surface area contributed by atoms with Crippen molar-refractivity contribution in [3.63, 3.8) is 0 Å². The summed E-state index contributed by atoms with van der Waals surface area (Å²) in [5, 5.41) is 11.7. The molecule has 2 fully saturated rings. The molecule has 2 unspecified atom stereocenters. The first kappa shape index (κ1) is 45.9. The lowest BCUT2D eigenvalue weighted by molar-refractivity contribution is -0.148. The average Bonchev–Trinajstić information content (AvgIpc) is 3.65. The quantitative estimate of drug-likeness (QED) is 0.159. The number of fused-ring (bicyclic) bond motifs is 2. The van der Waals surface area contributed by atoms with Gasteiger partial charge in [0.25, 0.3) is 5.91 Å². The molecule has 0 aliphatic carbocycles. The van der Waals surface area contributed by atoms with Crippen molar-refractivity contribution in [2.75, 3.05) is 31.4 Å². The third kappa shape index (κ3) is 11.0. The number of carbonyl (C=O) groups excluding carboxylic acids is 6. The Morgan fingerprint density at radius 3 is 2.39 bits per heavy atom. The minimum absolute atomic E-state index is 0.0419. The number of urea groups is 1. The summed E-state index contributed by atoms with van der Waals surface area (Å²) in [5.41, 5.74) is 2.01. The lowest BCUT2D eigenvalue weighted by atomic mass is 9.87. The molecule has 5 atom stereocenters. The molecule has 0 spiro atoms. The second kappa shape index (κ2) is 19.1. The van der Waals surface area contributed by atoms with Gasteiger partial charge in [-0.3, -0.25) is 38.8 Å². The van der Waals surface area contributed by atoms with E-state index in [0.717, 1.165) is 11.3 Å². The summed E-state index contributed by atoms with van der Waals surface area (Å²) in [7, 11) is 4.86. The molecule has 0 bridgehead atoms. The van der Waals surface area contributed by atoms with Crippen LogP contribution < -0.4 is 26.2 Å². The number of nitrogens with one attached hydrogen (secondary N) is 4. The lowest BCUT2D eigenvalue weighted by Gasteiger charge is -2.42. The fourth-order valence-electron chi connectivity index (χ4n) is 7.75. The van der Waals surface area contributed by atoms with Gasteiger partial charge in [0.1, 0.15) is 29.5 Å². The van der Waals surface area contributed by atoms with Crippen LogP contribution in [0.1, 0.15) is 85.4 Å². The summed E-state index contributed by atoms with van der Waals surface area (Å²) in [4.78, 5) is 101. The molecule has 5 heterocycles. The van der Waals surface area contributed by atoms with Crippen LogP contribution in [-0.2, 0) is 30.5 Å². The van der Waals surface area contributed by atoms with Crippen LogP contribution in [-0.4, -0.2) is 116 Å². The molecule has 2 aromatic rings. The summed E-state index contributed by atoms with van der Waals surface area (Å²) in [6, 6.07) is 0.590. The maximum absolute atomic E-state index is 14.2. The first-order chi connectivity index (χ1) is 28.7. The van der Waals surface area contributed by atoms with E-state index >= 15 is 0 Å². The SMILES string of the molecule is CC(C)=C/C=C(\C=C\N1Cc2cnc(Nc3ccc(C)nc3)nc2N(C)C1=O)C(=O)N[C@H]1CC(C)C2CC[C@@H](C(=O)NC(C)(C)C(=O)N[C@@H](CC(C)C)C(=O)N(C)C)N2C1=O. The average molecular weight is 840 g/mol. The zero-order valence-corrected chi connectivity index (χ0v) is 37.2. The lowest BCUT2D eigenvalue weighted by Crippen LogP contribution is -2.64. The Labute approximate surface area is 358 Å². The number of aromatic nitrogens is 3. The van der Waals surface area contributed by atoms with E-state index in [9.17, 15) is 28.8 Å². The number of hydrogen-bond donors (Lipinski definition) is 4. The molecular formula is C44H61N11O6. The van der Waals surface area contributed by atoms with Gasteiger partial charge in [-0.25, -0.2) is 9.78 Å². The van der Waals surface area contributed by atoms with Crippen LogP contribution in [0.2, 0.25) is 0 Å². The molecule has 17 nitrogen and oxygen atoms in total. The van der Waals surface area contributed by atoms with Gasteiger partial charge >= 0.3 is 6.03 Å². The van der Waals surface area contributed by atoms with Crippen LogP contribution in [0.5, 0.6) is 0 Å². The van der Waals surface area contributed by atoms with E-state index in [4.69, 9.17) is 0 Å². The Hall–Kier alpha value is -6.13. The molecule has 17 heteroatoms. The molecule has 0 aromatic carbocycles. The predicted octanol–water partition coefficient (Wildman–Crippen LogP) is 4.10. The number of nitrogens with zero attached hydrogens (tertiary/aromatic N) is 7. The molecule has 3 aliphatic rings. The predicted molar refractivity (Wildman–Crippen MR) is 232 cm³/mol. The molecule has 2 aromatic heterocycles. The number of piperidine rings is 1. The number of aryl methyl sites for hydroxylation is 1. The van der Waals surface area contributed by atoms with E-state index in [1.807, 2.05) is 53.7 Å². The maximum Gasteiger partial charge on any atom is 0.329 e. The number of amides is 7. The monoisotopic (exact) mass is 839 g/mol. The standard InChI is InChI=1S/C44H61N11O6/c1-25(2)12-14-29(18-19-54-24-30-22-46-42(50-36(30)53(11)43(54)61)47-31-15-13-28(6)45-23-31)37(56)48-33-21-27(5)34-16-17-35(55(34)40(33)59)38(57)51-44(7,8)41(60)49-32(20-26(3)4)39(58)52(9)10/h12-15,18-19,22-23,26-27,32-35H,16-17,20-21,24H2,1-11H3,(H,48,56)(H,49,60)(H,51,57)(H,46,47,50)/b19-18+,29-14+/t27?,32-,33-,34?,35-/m0/s1. The van der Waals surface area contributed by atoms with Crippen LogP contribution in [0.3, 0.4) is 0 Å². The molecular weight excluding hydrogens is 779 g/mol. The Kier molecular flexibility index (Phi) is 14.4. The highest BCUT2D eigenvalue weighted by atomic mass is 16.2. The Morgan fingerprint density at radius 2 is 1.75 bits per heavy atom. The number of hydrogen-bond acceptors (Lipinski definition) is 10. The maximum atomic E-state index is 14.2. The van der Waals surface area contributed by atoms with Crippen molar-refractivity contribution < 1.29 is 28.8 Å². The van der Waals surface area contributed by atoms with Crippen LogP contribution in [0.15, 0.2) is 60.1 Å². The molecule has 61 heavy (non-hydrogen) atoms. The van der Waals surface area contributed by atoms with E-state index in [0.29, 0.717) is 48.7 Å². The third-order valence-electron chi connectivity index (χ3n) is 11.1. The van der Waals surface area contributed by atoms with Crippen LogP contribution in [0.4, 0.5) is 22.2 Å². The second-order valence-corrected chi connectivity index (χ2v) is 17.7. The van der Waals surface area contributed by atoms with Gasteiger partial charge in [0.05, 0.1) is 18.4 Å². The molecule has 0 radical (unpaired) electrons. The fraction of sp³-hybridized carbons (Fsp3) is 0.523. The van der Waals surface area contributed by atoms with Crippen molar-refractivity contribution in [2.45, 2.75) is 117 Å². The van der Waals surface area contributed by atoms with E-state index in [1.165, 1.54) is 27.0 Å². The Balaban J connectivity index is 1.28. The number of rotatable bonds is 14. The molecule has 2 saturated heterocycles. The number of carbonyl (C=O) groups is 6. The first-order valence-electron chi connectivity index (χ1n) is 20.8. The highest BCUT2D eigenvalue weighted by molar-refractivity contribution is 6.01. The van der Waals surface area contributed by atoms with Crippen LogP contribution >= 0.6 is 0 Å². The van der Waals surface area contributed by atoms with Crippen molar-refractivity contribution in [1.29, 1.82) is 0 Å². The Bertz CT molecular complexity index is 2110. The van der Waals surface area contributed by atoms with Gasteiger partial charge < -0.3 is 31.1 Å². The van der Waals surface area contributed by atoms with Gasteiger partial charge in [-0.05, 0) is 96.4 Å². The van der Waals surface area contributed by atoms with Gasteiger partial charge in [0.15, 0.2) is 0 Å². The smallest absolute Gasteiger partial charge is 0.329 e. The highest BCUT2D eigenvalue weighted by Gasteiger charge is 2.50. The van der Waals surface area contributed by atoms with Crippen molar-refractivity contribution >= 4 is 53.0 Å². The minimum atomic E-state index is -1.40. The second-order valence-electron chi connectivity index (χ2n) is 17.7. The van der Waals surface area contributed by atoms with Crippen molar-refractivity contribution in [3.05, 3.63) is 71.4 Å². The normalized spacial score (nSPS) is 20.9. The van der Waals surface area contributed by atoms with Crippen LogP contribution in [0.25, 0.3) is 0 Å². The number of likely N-dealkylation sites (N-methyl/N-ethyl adjacent to an activating group) is 1. The topological polar surface area (TPSA) is 202 Å². The van der Waals surface area contributed by atoms with Gasteiger partial charge in [-0.15, -0.1) is 0 Å². The molecule has 3 aliphatic heterocycles. The Morgan fingerprint density at radius 1 is 1.03 bits per heavy atom. The summed E-state index contributed by atoms with van der Waals surface area (Å²) in [5.74, 6) is -1.31. The van der Waals surface area contributed by atoms with E-state index < -0.39 is 41.4 Å². The van der Waals surface area contributed by atoms with Crippen LogP contribution in [0, 0.1) is 18.8 Å². The largest absolute Gasteiger partial charge is 0.347 e. The van der Waals surface area contributed by atoms with E-state index in [-0.39, 0.29) is 47.8 Å². The number of anilines is 3.